The second-order valence-corrected chi connectivity index (χ2v) is 4.14. The normalized spacial score (nSPS) is 14.6. The van der Waals surface area contributed by atoms with Gasteiger partial charge in [0.05, 0.1) is 5.54 Å². The topological polar surface area (TPSA) is 80.5 Å². The molecule has 1 aromatic heterocycles. The summed E-state index contributed by atoms with van der Waals surface area (Å²) in [6, 6.07) is 10.2. The number of hydrogen-bond donors (Lipinski definition) is 2. The van der Waals surface area contributed by atoms with Gasteiger partial charge in [-0.2, -0.15) is 5.21 Å². The number of hydrogen-bond acceptors (Lipinski definition) is 4. The summed E-state index contributed by atoms with van der Waals surface area (Å²) in [4.78, 5) is 0. The molecule has 0 amide bonds. The number of aryl methyl sites for hydroxylation is 1. The van der Waals surface area contributed by atoms with Crippen LogP contribution in [-0.2, 0) is 12.0 Å². The Hall–Kier alpha value is -1.75. The minimum atomic E-state index is -0.539. The molecular weight excluding hydrogens is 202 g/mol. The largest absolute Gasteiger partial charge is 0.319 e. The summed E-state index contributed by atoms with van der Waals surface area (Å²) in [5.74, 6) is 0.559. The summed E-state index contributed by atoms with van der Waals surface area (Å²) in [6.07, 6.45) is 1.69. The smallest absolute Gasteiger partial charge is 0.194 e. The van der Waals surface area contributed by atoms with Crippen molar-refractivity contribution in [3.63, 3.8) is 0 Å². The van der Waals surface area contributed by atoms with Gasteiger partial charge in [-0.05, 0) is 25.3 Å². The first-order valence-corrected chi connectivity index (χ1v) is 5.25. The number of H-pyrrole nitrogens is 1. The molecule has 0 fully saturated rings. The second-order valence-electron chi connectivity index (χ2n) is 4.14. The summed E-state index contributed by atoms with van der Waals surface area (Å²) >= 11 is 0. The predicted octanol–water partition coefficient (Wildman–Crippen LogP) is 1.01. The zero-order valence-electron chi connectivity index (χ0n) is 9.22. The van der Waals surface area contributed by atoms with E-state index in [9.17, 15) is 0 Å². The van der Waals surface area contributed by atoms with E-state index in [0.717, 1.165) is 12.8 Å². The Kier molecular flexibility index (Phi) is 2.96. The van der Waals surface area contributed by atoms with Crippen molar-refractivity contribution in [2.24, 2.45) is 5.73 Å². The first-order chi connectivity index (χ1) is 7.68. The van der Waals surface area contributed by atoms with Crippen molar-refractivity contribution in [1.82, 2.24) is 20.6 Å². The molecule has 0 aliphatic rings. The molecule has 1 heterocycles. The lowest BCUT2D eigenvalue weighted by Crippen LogP contribution is -2.35. The van der Waals surface area contributed by atoms with Crippen molar-refractivity contribution < 1.29 is 0 Å². The molecule has 0 aliphatic carbocycles. The van der Waals surface area contributed by atoms with Crippen LogP contribution in [0.1, 0.15) is 24.7 Å². The van der Waals surface area contributed by atoms with E-state index in [1.807, 2.05) is 25.1 Å². The van der Waals surface area contributed by atoms with Gasteiger partial charge in [-0.25, -0.2) is 0 Å². The maximum absolute atomic E-state index is 6.15. The lowest BCUT2D eigenvalue weighted by Gasteiger charge is -2.19. The molecule has 2 aromatic rings. The van der Waals surface area contributed by atoms with E-state index in [0.29, 0.717) is 5.82 Å². The maximum Gasteiger partial charge on any atom is 0.194 e. The molecule has 1 aromatic carbocycles. The van der Waals surface area contributed by atoms with Crippen LogP contribution in [-0.4, -0.2) is 20.6 Å². The van der Waals surface area contributed by atoms with Gasteiger partial charge in [0.1, 0.15) is 0 Å². The monoisotopic (exact) mass is 217 g/mol. The summed E-state index contributed by atoms with van der Waals surface area (Å²) in [6.45, 7) is 1.92. The number of nitrogens with one attached hydrogen (secondary N) is 1. The highest BCUT2D eigenvalue weighted by Gasteiger charge is 2.25. The van der Waals surface area contributed by atoms with Gasteiger partial charge in [0.15, 0.2) is 5.82 Å². The summed E-state index contributed by atoms with van der Waals surface area (Å²) in [5, 5.41) is 13.8. The standard InChI is InChI=1S/C11H15N5/c1-11(12,10-13-15-16-14-10)8-7-9-5-3-2-4-6-9/h2-6H,7-8,12H2,1H3,(H,13,14,15,16). The molecule has 0 radical (unpaired) electrons. The van der Waals surface area contributed by atoms with Crippen LogP contribution in [0.4, 0.5) is 0 Å². The molecule has 0 spiro atoms. The van der Waals surface area contributed by atoms with Gasteiger partial charge >= 0.3 is 0 Å². The fourth-order valence-electron chi connectivity index (χ4n) is 1.56. The highest BCUT2D eigenvalue weighted by atomic mass is 15.5. The Morgan fingerprint density at radius 3 is 2.69 bits per heavy atom. The van der Waals surface area contributed by atoms with Gasteiger partial charge in [0.25, 0.3) is 0 Å². The molecule has 0 saturated carbocycles. The van der Waals surface area contributed by atoms with Crippen LogP contribution in [0.15, 0.2) is 30.3 Å². The summed E-state index contributed by atoms with van der Waals surface area (Å²) < 4.78 is 0. The van der Waals surface area contributed by atoms with E-state index in [2.05, 4.69) is 32.8 Å². The molecule has 2 rings (SSSR count). The molecule has 16 heavy (non-hydrogen) atoms. The van der Waals surface area contributed by atoms with Crippen LogP contribution >= 0.6 is 0 Å². The molecule has 5 heteroatoms. The minimum absolute atomic E-state index is 0.539. The highest BCUT2D eigenvalue weighted by molar-refractivity contribution is 5.15. The fraction of sp³-hybridized carbons (Fsp3) is 0.364. The number of aromatic nitrogens is 4. The molecule has 0 bridgehead atoms. The Labute approximate surface area is 94.1 Å². The number of nitrogens with two attached hydrogens (primary N) is 1. The Morgan fingerprint density at radius 1 is 1.31 bits per heavy atom. The SMILES string of the molecule is CC(N)(CCc1ccccc1)c1nn[nH]n1. The zero-order chi connectivity index (χ0) is 11.4. The van der Waals surface area contributed by atoms with Gasteiger partial charge in [-0.15, -0.1) is 10.2 Å². The first-order valence-electron chi connectivity index (χ1n) is 5.25. The zero-order valence-corrected chi connectivity index (χ0v) is 9.22. The number of rotatable bonds is 4. The Balaban J connectivity index is 2.00. The van der Waals surface area contributed by atoms with Gasteiger partial charge < -0.3 is 5.73 Å². The lowest BCUT2D eigenvalue weighted by atomic mass is 9.94. The first kappa shape index (κ1) is 10.8. The average molecular weight is 217 g/mol. The molecule has 0 saturated heterocycles. The molecular formula is C11H15N5. The maximum atomic E-state index is 6.15. The molecule has 1 unspecified atom stereocenters. The predicted molar refractivity (Wildman–Crippen MR) is 60.5 cm³/mol. The molecule has 0 aliphatic heterocycles. The number of benzene rings is 1. The van der Waals surface area contributed by atoms with Gasteiger partial charge in [0.2, 0.25) is 0 Å². The van der Waals surface area contributed by atoms with Crippen LogP contribution in [0, 0.1) is 0 Å². The second kappa shape index (κ2) is 4.40. The number of tetrazole rings is 1. The Bertz CT molecular complexity index is 421. The summed E-state index contributed by atoms with van der Waals surface area (Å²) in [5.41, 5.74) is 6.87. The van der Waals surface area contributed by atoms with Crippen LogP contribution in [0.25, 0.3) is 0 Å². The van der Waals surface area contributed by atoms with Crippen molar-refractivity contribution >= 4 is 0 Å². The van der Waals surface area contributed by atoms with E-state index < -0.39 is 5.54 Å². The number of aromatic amines is 1. The van der Waals surface area contributed by atoms with Gasteiger partial charge in [-0.1, -0.05) is 35.5 Å². The van der Waals surface area contributed by atoms with Gasteiger partial charge in [-0.3, -0.25) is 0 Å². The van der Waals surface area contributed by atoms with E-state index in [1.54, 1.807) is 0 Å². The van der Waals surface area contributed by atoms with Crippen LogP contribution in [0.2, 0.25) is 0 Å². The van der Waals surface area contributed by atoms with Crippen molar-refractivity contribution in [1.29, 1.82) is 0 Å². The van der Waals surface area contributed by atoms with Crippen LogP contribution < -0.4 is 5.73 Å². The van der Waals surface area contributed by atoms with Crippen LogP contribution in [0.5, 0.6) is 0 Å². The highest BCUT2D eigenvalue weighted by Crippen LogP contribution is 2.19. The molecule has 3 N–H and O–H groups in total. The molecule has 84 valence electrons. The van der Waals surface area contributed by atoms with E-state index >= 15 is 0 Å². The lowest BCUT2D eigenvalue weighted by molar-refractivity contribution is 0.425. The average Bonchev–Trinajstić information content (AvgIpc) is 2.82. The van der Waals surface area contributed by atoms with E-state index in [4.69, 9.17) is 5.73 Å². The van der Waals surface area contributed by atoms with Crippen LogP contribution in [0.3, 0.4) is 0 Å². The van der Waals surface area contributed by atoms with Crippen molar-refractivity contribution in [2.45, 2.75) is 25.3 Å². The minimum Gasteiger partial charge on any atom is -0.319 e. The summed E-state index contributed by atoms with van der Waals surface area (Å²) in [7, 11) is 0. The Morgan fingerprint density at radius 2 is 2.06 bits per heavy atom. The third-order valence-electron chi connectivity index (χ3n) is 2.63. The van der Waals surface area contributed by atoms with Gasteiger partial charge in [0, 0.05) is 0 Å². The third-order valence-corrected chi connectivity index (χ3v) is 2.63. The quantitative estimate of drug-likeness (QED) is 0.800. The van der Waals surface area contributed by atoms with E-state index in [1.165, 1.54) is 5.56 Å². The van der Waals surface area contributed by atoms with Crippen molar-refractivity contribution in [2.75, 3.05) is 0 Å². The molecule has 1 atom stereocenters. The number of nitrogens with zero attached hydrogens (tertiary/aromatic N) is 3. The van der Waals surface area contributed by atoms with Crippen molar-refractivity contribution in [3.05, 3.63) is 41.7 Å². The molecule has 5 nitrogen and oxygen atoms in total. The fourth-order valence-corrected chi connectivity index (χ4v) is 1.56. The third kappa shape index (κ3) is 2.43. The van der Waals surface area contributed by atoms with E-state index in [-0.39, 0.29) is 0 Å². The van der Waals surface area contributed by atoms with Crippen molar-refractivity contribution in [3.8, 4) is 0 Å².